The maximum absolute atomic E-state index is 6.50. The largest absolute Gasteiger partial charge is 0.325 e. The normalized spacial score (nSPS) is 30.9. The molecular formula is C15H31N. The SMILES string of the molecule is CCCCC1CCC(N)(CCC(C)C)CC1. The Morgan fingerprint density at radius 2 is 1.88 bits per heavy atom. The van der Waals surface area contributed by atoms with Crippen LogP contribution < -0.4 is 5.73 Å². The minimum absolute atomic E-state index is 0.187. The lowest BCUT2D eigenvalue weighted by Gasteiger charge is -2.38. The van der Waals surface area contributed by atoms with Crippen molar-refractivity contribution in [3.63, 3.8) is 0 Å². The predicted molar refractivity (Wildman–Crippen MR) is 72.5 cm³/mol. The van der Waals surface area contributed by atoms with Gasteiger partial charge in [0.05, 0.1) is 0 Å². The summed E-state index contributed by atoms with van der Waals surface area (Å²) in [6, 6.07) is 0. The van der Waals surface area contributed by atoms with Crippen molar-refractivity contribution in [2.45, 2.75) is 84.1 Å². The third kappa shape index (κ3) is 4.86. The average molecular weight is 225 g/mol. The second kappa shape index (κ2) is 6.64. The van der Waals surface area contributed by atoms with Crippen molar-refractivity contribution in [1.82, 2.24) is 0 Å². The maximum Gasteiger partial charge on any atom is 0.0154 e. The number of unbranched alkanes of at least 4 members (excludes halogenated alkanes) is 1. The molecule has 0 aromatic heterocycles. The van der Waals surface area contributed by atoms with Crippen molar-refractivity contribution in [1.29, 1.82) is 0 Å². The molecule has 0 unspecified atom stereocenters. The number of hydrogen-bond acceptors (Lipinski definition) is 1. The second-order valence-corrected chi connectivity index (χ2v) is 6.38. The van der Waals surface area contributed by atoms with E-state index in [-0.39, 0.29) is 5.54 Å². The fourth-order valence-corrected chi connectivity index (χ4v) is 2.86. The lowest BCUT2D eigenvalue weighted by atomic mass is 9.73. The fourth-order valence-electron chi connectivity index (χ4n) is 2.86. The van der Waals surface area contributed by atoms with E-state index in [9.17, 15) is 0 Å². The highest BCUT2D eigenvalue weighted by atomic mass is 14.7. The van der Waals surface area contributed by atoms with Gasteiger partial charge in [-0.15, -0.1) is 0 Å². The van der Waals surface area contributed by atoms with Crippen molar-refractivity contribution in [2.24, 2.45) is 17.6 Å². The molecule has 1 saturated carbocycles. The number of hydrogen-bond donors (Lipinski definition) is 1. The maximum atomic E-state index is 6.50. The topological polar surface area (TPSA) is 26.0 Å². The second-order valence-electron chi connectivity index (χ2n) is 6.38. The minimum atomic E-state index is 0.187. The molecule has 0 heterocycles. The lowest BCUT2D eigenvalue weighted by molar-refractivity contribution is 0.203. The van der Waals surface area contributed by atoms with E-state index in [4.69, 9.17) is 5.73 Å². The molecule has 0 spiro atoms. The molecule has 1 fully saturated rings. The molecule has 0 amide bonds. The third-order valence-electron chi connectivity index (χ3n) is 4.29. The van der Waals surface area contributed by atoms with Crippen LogP contribution in [0.25, 0.3) is 0 Å². The molecule has 0 atom stereocenters. The molecule has 0 bridgehead atoms. The molecule has 1 aliphatic rings. The van der Waals surface area contributed by atoms with Crippen molar-refractivity contribution < 1.29 is 0 Å². The highest BCUT2D eigenvalue weighted by Gasteiger charge is 2.30. The summed E-state index contributed by atoms with van der Waals surface area (Å²) >= 11 is 0. The Bertz CT molecular complexity index is 178. The molecule has 1 rings (SSSR count). The van der Waals surface area contributed by atoms with Crippen LogP contribution in [-0.2, 0) is 0 Å². The minimum Gasteiger partial charge on any atom is -0.325 e. The molecule has 0 radical (unpaired) electrons. The van der Waals surface area contributed by atoms with E-state index < -0.39 is 0 Å². The summed E-state index contributed by atoms with van der Waals surface area (Å²) < 4.78 is 0. The van der Waals surface area contributed by atoms with Crippen molar-refractivity contribution in [2.75, 3.05) is 0 Å². The number of rotatable bonds is 6. The van der Waals surface area contributed by atoms with Crippen LogP contribution in [0.2, 0.25) is 0 Å². The summed E-state index contributed by atoms with van der Waals surface area (Å²) in [5.41, 5.74) is 6.69. The summed E-state index contributed by atoms with van der Waals surface area (Å²) in [6.07, 6.45) is 12.1. The van der Waals surface area contributed by atoms with E-state index >= 15 is 0 Å². The van der Waals surface area contributed by atoms with Gasteiger partial charge >= 0.3 is 0 Å². The van der Waals surface area contributed by atoms with Crippen LogP contribution in [-0.4, -0.2) is 5.54 Å². The standard InChI is InChI=1S/C15H31N/c1-4-5-6-14-8-11-15(16,12-9-14)10-7-13(2)3/h13-14H,4-12,16H2,1-3H3. The van der Waals surface area contributed by atoms with Crippen LogP contribution in [0.4, 0.5) is 0 Å². The molecule has 0 saturated heterocycles. The molecule has 0 aromatic carbocycles. The van der Waals surface area contributed by atoms with E-state index in [2.05, 4.69) is 20.8 Å². The van der Waals surface area contributed by atoms with Gasteiger partial charge in [0.15, 0.2) is 0 Å². The zero-order valence-corrected chi connectivity index (χ0v) is 11.6. The molecule has 1 nitrogen and oxygen atoms in total. The predicted octanol–water partition coefficient (Wildman–Crippen LogP) is 4.50. The molecule has 16 heavy (non-hydrogen) atoms. The van der Waals surface area contributed by atoms with Crippen LogP contribution >= 0.6 is 0 Å². The monoisotopic (exact) mass is 225 g/mol. The van der Waals surface area contributed by atoms with Crippen molar-refractivity contribution >= 4 is 0 Å². The fraction of sp³-hybridized carbons (Fsp3) is 1.00. The van der Waals surface area contributed by atoms with E-state index in [0.717, 1.165) is 11.8 Å². The highest BCUT2D eigenvalue weighted by molar-refractivity contribution is 4.89. The zero-order valence-electron chi connectivity index (χ0n) is 11.6. The van der Waals surface area contributed by atoms with Gasteiger partial charge in [-0.1, -0.05) is 40.0 Å². The van der Waals surface area contributed by atoms with Gasteiger partial charge < -0.3 is 5.73 Å². The first-order chi connectivity index (χ1) is 7.56. The molecule has 96 valence electrons. The van der Waals surface area contributed by atoms with Gasteiger partial charge in [-0.25, -0.2) is 0 Å². The van der Waals surface area contributed by atoms with Gasteiger partial charge in [-0.2, -0.15) is 0 Å². The Balaban J connectivity index is 2.23. The van der Waals surface area contributed by atoms with Crippen LogP contribution in [0, 0.1) is 11.8 Å². The summed E-state index contributed by atoms with van der Waals surface area (Å²) in [4.78, 5) is 0. The molecule has 2 N–H and O–H groups in total. The van der Waals surface area contributed by atoms with E-state index in [1.807, 2.05) is 0 Å². The van der Waals surface area contributed by atoms with Gasteiger partial charge in [0.25, 0.3) is 0 Å². The van der Waals surface area contributed by atoms with Gasteiger partial charge in [0.2, 0.25) is 0 Å². The Morgan fingerprint density at radius 1 is 1.25 bits per heavy atom. The lowest BCUT2D eigenvalue weighted by Crippen LogP contribution is -2.43. The van der Waals surface area contributed by atoms with Gasteiger partial charge in [-0.05, 0) is 50.4 Å². The third-order valence-corrected chi connectivity index (χ3v) is 4.29. The Hall–Kier alpha value is -0.0400. The summed E-state index contributed by atoms with van der Waals surface area (Å²) in [6.45, 7) is 6.89. The average Bonchev–Trinajstić information content (AvgIpc) is 2.26. The molecular weight excluding hydrogens is 194 g/mol. The van der Waals surface area contributed by atoms with Crippen LogP contribution in [0.1, 0.15) is 78.6 Å². The van der Waals surface area contributed by atoms with E-state index in [0.29, 0.717) is 0 Å². The first-order valence-electron chi connectivity index (χ1n) is 7.34. The first kappa shape index (κ1) is 14.0. The smallest absolute Gasteiger partial charge is 0.0154 e. The summed E-state index contributed by atoms with van der Waals surface area (Å²) in [5.74, 6) is 1.79. The van der Waals surface area contributed by atoms with Crippen LogP contribution in [0.3, 0.4) is 0 Å². The van der Waals surface area contributed by atoms with Crippen molar-refractivity contribution in [3.05, 3.63) is 0 Å². The van der Waals surface area contributed by atoms with Gasteiger partial charge in [0, 0.05) is 5.54 Å². The summed E-state index contributed by atoms with van der Waals surface area (Å²) in [7, 11) is 0. The van der Waals surface area contributed by atoms with Gasteiger partial charge in [0.1, 0.15) is 0 Å². The first-order valence-corrected chi connectivity index (χ1v) is 7.34. The molecule has 0 aromatic rings. The molecule has 1 aliphatic carbocycles. The zero-order chi connectivity index (χ0) is 12.0. The quantitative estimate of drug-likeness (QED) is 0.707. The Labute approximate surface area is 102 Å². The van der Waals surface area contributed by atoms with Gasteiger partial charge in [-0.3, -0.25) is 0 Å². The Kier molecular flexibility index (Phi) is 5.82. The number of nitrogens with two attached hydrogens (primary N) is 1. The van der Waals surface area contributed by atoms with E-state index in [1.165, 1.54) is 57.8 Å². The van der Waals surface area contributed by atoms with Crippen LogP contribution in [0.15, 0.2) is 0 Å². The van der Waals surface area contributed by atoms with Crippen LogP contribution in [0.5, 0.6) is 0 Å². The van der Waals surface area contributed by atoms with Crippen molar-refractivity contribution in [3.8, 4) is 0 Å². The summed E-state index contributed by atoms with van der Waals surface area (Å²) in [5, 5.41) is 0. The molecule has 1 heteroatoms. The van der Waals surface area contributed by atoms with E-state index in [1.54, 1.807) is 0 Å². The Morgan fingerprint density at radius 3 is 2.38 bits per heavy atom. The highest BCUT2D eigenvalue weighted by Crippen LogP contribution is 2.36. The molecule has 0 aliphatic heterocycles.